The average molecular weight is 168 g/mol. The molecule has 0 radical (unpaired) electrons. The highest BCUT2D eigenvalue weighted by Crippen LogP contribution is 2.05. The zero-order chi connectivity index (χ0) is 9.14. The molecule has 0 saturated carbocycles. The summed E-state index contributed by atoms with van der Waals surface area (Å²) >= 11 is 0. The highest BCUT2D eigenvalue weighted by molar-refractivity contribution is 5.88. The van der Waals surface area contributed by atoms with E-state index in [1.54, 1.807) is 10.9 Å². The van der Waals surface area contributed by atoms with Crippen molar-refractivity contribution >= 4 is 5.97 Å². The van der Waals surface area contributed by atoms with E-state index in [-0.39, 0.29) is 12.0 Å². The summed E-state index contributed by atoms with van der Waals surface area (Å²) in [6.45, 7) is 3.99. The van der Waals surface area contributed by atoms with Crippen molar-refractivity contribution in [1.29, 1.82) is 0 Å². The zero-order valence-corrected chi connectivity index (χ0v) is 7.44. The monoisotopic (exact) mass is 168 g/mol. The fourth-order valence-corrected chi connectivity index (χ4v) is 0.844. The van der Waals surface area contributed by atoms with Gasteiger partial charge in [-0.2, -0.15) is 5.10 Å². The second kappa shape index (κ2) is 3.38. The number of nitrogens with zero attached hydrogens (tertiary/aromatic N) is 2. The molecule has 0 amide bonds. The normalized spacial score (nSPS) is 10.3. The van der Waals surface area contributed by atoms with Crippen LogP contribution in [0.3, 0.4) is 0 Å². The first kappa shape index (κ1) is 8.77. The Hall–Kier alpha value is -1.32. The van der Waals surface area contributed by atoms with Gasteiger partial charge in [0.15, 0.2) is 0 Å². The molecule has 1 aromatic heterocycles. The van der Waals surface area contributed by atoms with E-state index in [0.29, 0.717) is 5.56 Å². The molecule has 4 nitrogen and oxygen atoms in total. The number of ether oxygens (including phenoxy) is 1. The van der Waals surface area contributed by atoms with Crippen LogP contribution in [0, 0.1) is 0 Å². The van der Waals surface area contributed by atoms with Gasteiger partial charge in [-0.1, -0.05) is 0 Å². The van der Waals surface area contributed by atoms with Gasteiger partial charge in [-0.3, -0.25) is 4.68 Å². The molecule has 1 aromatic rings. The third kappa shape index (κ3) is 1.64. The SMILES string of the molecule is COC(=O)c1cnn(C(C)C)c1. The first-order valence-electron chi connectivity index (χ1n) is 3.77. The molecular weight excluding hydrogens is 156 g/mol. The van der Waals surface area contributed by atoms with Crippen molar-refractivity contribution in [3.8, 4) is 0 Å². The van der Waals surface area contributed by atoms with Gasteiger partial charge in [0.05, 0.1) is 18.9 Å². The number of aromatic nitrogens is 2. The van der Waals surface area contributed by atoms with Gasteiger partial charge >= 0.3 is 5.97 Å². The Kier molecular flexibility index (Phi) is 2.47. The largest absolute Gasteiger partial charge is 0.465 e. The van der Waals surface area contributed by atoms with Crippen LogP contribution in [-0.2, 0) is 4.74 Å². The smallest absolute Gasteiger partial charge is 0.341 e. The van der Waals surface area contributed by atoms with Crippen molar-refractivity contribution in [2.24, 2.45) is 0 Å². The van der Waals surface area contributed by atoms with E-state index in [9.17, 15) is 4.79 Å². The van der Waals surface area contributed by atoms with Crippen LogP contribution in [0.5, 0.6) is 0 Å². The maximum Gasteiger partial charge on any atom is 0.341 e. The predicted molar refractivity (Wildman–Crippen MR) is 44.0 cm³/mol. The van der Waals surface area contributed by atoms with Gasteiger partial charge < -0.3 is 4.74 Å². The minimum Gasteiger partial charge on any atom is -0.465 e. The van der Waals surface area contributed by atoms with Crippen LogP contribution < -0.4 is 0 Å². The van der Waals surface area contributed by atoms with Gasteiger partial charge in [0.2, 0.25) is 0 Å². The van der Waals surface area contributed by atoms with E-state index in [1.165, 1.54) is 13.3 Å². The molecule has 0 saturated heterocycles. The zero-order valence-electron chi connectivity index (χ0n) is 7.44. The molecule has 66 valence electrons. The van der Waals surface area contributed by atoms with E-state index >= 15 is 0 Å². The molecule has 0 N–H and O–H groups in total. The van der Waals surface area contributed by atoms with Gasteiger partial charge in [0.1, 0.15) is 0 Å². The molecule has 0 spiro atoms. The van der Waals surface area contributed by atoms with Crippen LogP contribution in [0.25, 0.3) is 0 Å². The van der Waals surface area contributed by atoms with Crippen molar-refractivity contribution in [2.45, 2.75) is 19.9 Å². The van der Waals surface area contributed by atoms with Crippen molar-refractivity contribution in [3.05, 3.63) is 18.0 Å². The molecule has 0 aliphatic rings. The molecule has 0 aliphatic carbocycles. The number of carbonyl (C=O) groups is 1. The molecule has 0 atom stereocenters. The number of hydrogen-bond acceptors (Lipinski definition) is 3. The third-order valence-corrected chi connectivity index (χ3v) is 1.55. The fraction of sp³-hybridized carbons (Fsp3) is 0.500. The van der Waals surface area contributed by atoms with E-state index < -0.39 is 0 Å². The predicted octanol–water partition coefficient (Wildman–Crippen LogP) is 1.25. The summed E-state index contributed by atoms with van der Waals surface area (Å²) in [5.74, 6) is -0.345. The van der Waals surface area contributed by atoms with Crippen LogP contribution in [0.1, 0.15) is 30.2 Å². The summed E-state index contributed by atoms with van der Waals surface area (Å²) in [6.07, 6.45) is 3.18. The van der Waals surface area contributed by atoms with Gasteiger partial charge in [0.25, 0.3) is 0 Å². The van der Waals surface area contributed by atoms with Gasteiger partial charge in [-0.15, -0.1) is 0 Å². The minimum absolute atomic E-state index is 0.267. The lowest BCUT2D eigenvalue weighted by molar-refractivity contribution is 0.0600. The number of esters is 1. The van der Waals surface area contributed by atoms with Gasteiger partial charge in [-0.25, -0.2) is 4.79 Å². The van der Waals surface area contributed by atoms with Crippen LogP contribution in [-0.4, -0.2) is 22.9 Å². The summed E-state index contributed by atoms with van der Waals surface area (Å²) in [5, 5.41) is 4.00. The Morgan fingerprint density at radius 1 is 1.67 bits per heavy atom. The molecule has 0 aliphatic heterocycles. The van der Waals surface area contributed by atoms with E-state index in [2.05, 4.69) is 9.84 Å². The molecule has 0 unspecified atom stereocenters. The number of hydrogen-bond donors (Lipinski definition) is 0. The number of rotatable bonds is 2. The second-order valence-corrected chi connectivity index (χ2v) is 2.79. The molecule has 0 bridgehead atoms. The van der Waals surface area contributed by atoms with Crippen LogP contribution >= 0.6 is 0 Å². The maximum atomic E-state index is 11.0. The molecule has 4 heteroatoms. The third-order valence-electron chi connectivity index (χ3n) is 1.55. The van der Waals surface area contributed by atoms with Crippen molar-refractivity contribution in [3.63, 3.8) is 0 Å². The molecule has 1 rings (SSSR count). The van der Waals surface area contributed by atoms with Crippen LogP contribution in [0.2, 0.25) is 0 Å². The summed E-state index contributed by atoms with van der Waals surface area (Å²) in [6, 6.07) is 0.267. The summed E-state index contributed by atoms with van der Waals surface area (Å²) in [5.41, 5.74) is 0.492. The maximum absolute atomic E-state index is 11.0. The fourth-order valence-electron chi connectivity index (χ4n) is 0.844. The summed E-state index contributed by atoms with van der Waals surface area (Å²) in [4.78, 5) is 11.0. The lowest BCUT2D eigenvalue weighted by atomic mass is 10.3. The first-order valence-corrected chi connectivity index (χ1v) is 3.77. The van der Waals surface area contributed by atoms with E-state index in [4.69, 9.17) is 0 Å². The number of methoxy groups -OCH3 is 1. The quantitative estimate of drug-likeness (QED) is 0.624. The second-order valence-electron chi connectivity index (χ2n) is 2.79. The van der Waals surface area contributed by atoms with E-state index in [0.717, 1.165) is 0 Å². The molecular formula is C8H12N2O2. The number of carbonyl (C=O) groups excluding carboxylic acids is 1. The lowest BCUT2D eigenvalue weighted by Crippen LogP contribution is -2.02. The topological polar surface area (TPSA) is 44.1 Å². The highest BCUT2D eigenvalue weighted by Gasteiger charge is 2.08. The summed E-state index contributed by atoms with van der Waals surface area (Å²) < 4.78 is 6.25. The summed E-state index contributed by atoms with van der Waals surface area (Å²) in [7, 11) is 1.36. The van der Waals surface area contributed by atoms with Gasteiger partial charge in [-0.05, 0) is 13.8 Å². The molecule has 1 heterocycles. The standard InChI is InChI=1S/C8H12N2O2/c1-6(2)10-5-7(4-9-10)8(11)12-3/h4-6H,1-3H3. The van der Waals surface area contributed by atoms with Crippen LogP contribution in [0.15, 0.2) is 12.4 Å². The van der Waals surface area contributed by atoms with Crippen molar-refractivity contribution in [2.75, 3.05) is 7.11 Å². The minimum atomic E-state index is -0.345. The van der Waals surface area contributed by atoms with Crippen LogP contribution in [0.4, 0.5) is 0 Å². The van der Waals surface area contributed by atoms with Crippen molar-refractivity contribution in [1.82, 2.24) is 9.78 Å². The molecule has 12 heavy (non-hydrogen) atoms. The average Bonchev–Trinajstić information content (AvgIpc) is 2.51. The first-order chi connectivity index (χ1) is 5.65. The van der Waals surface area contributed by atoms with E-state index in [1.807, 2.05) is 13.8 Å². The highest BCUT2D eigenvalue weighted by atomic mass is 16.5. The Morgan fingerprint density at radius 3 is 2.75 bits per heavy atom. The van der Waals surface area contributed by atoms with Crippen molar-refractivity contribution < 1.29 is 9.53 Å². The Labute approximate surface area is 71.1 Å². The Balaban J connectivity index is 2.84. The molecule has 0 fully saturated rings. The Morgan fingerprint density at radius 2 is 2.33 bits per heavy atom. The Bertz CT molecular complexity index is 278. The molecule has 0 aromatic carbocycles. The lowest BCUT2D eigenvalue weighted by Gasteiger charge is -2.02. The van der Waals surface area contributed by atoms with Gasteiger partial charge in [0, 0.05) is 12.2 Å².